The SMILES string of the molecule is CCN1C(=O)[C@]2(C(C#N)=C(N)Oc3n[nH]c(C)c32)c2ccccc21. The van der Waals surface area contributed by atoms with E-state index in [4.69, 9.17) is 10.5 Å². The van der Waals surface area contributed by atoms with Gasteiger partial charge in [0, 0.05) is 23.5 Å². The van der Waals surface area contributed by atoms with Gasteiger partial charge in [-0.2, -0.15) is 5.26 Å². The number of anilines is 1. The maximum Gasteiger partial charge on any atom is 0.247 e. The van der Waals surface area contributed by atoms with E-state index in [9.17, 15) is 10.1 Å². The molecule has 120 valence electrons. The molecule has 1 atom stereocenters. The second-order valence-electron chi connectivity index (χ2n) is 5.80. The van der Waals surface area contributed by atoms with Gasteiger partial charge in [-0.25, -0.2) is 0 Å². The van der Waals surface area contributed by atoms with Crippen LogP contribution in [0.25, 0.3) is 0 Å². The predicted octanol–water partition coefficient (Wildman–Crippen LogP) is 1.46. The normalized spacial score (nSPS) is 21.5. The first kappa shape index (κ1) is 14.3. The first-order valence-corrected chi connectivity index (χ1v) is 7.62. The zero-order valence-electron chi connectivity index (χ0n) is 13.3. The average Bonchev–Trinajstić information content (AvgIpc) is 3.05. The van der Waals surface area contributed by atoms with Crippen molar-refractivity contribution in [1.82, 2.24) is 10.2 Å². The minimum atomic E-state index is -1.31. The summed E-state index contributed by atoms with van der Waals surface area (Å²) in [6.45, 7) is 4.19. The zero-order valence-corrected chi connectivity index (χ0v) is 13.3. The molecule has 1 amide bonds. The number of nitrogens with two attached hydrogens (primary N) is 1. The Hall–Kier alpha value is -3.27. The van der Waals surface area contributed by atoms with E-state index in [1.165, 1.54) is 0 Å². The number of aromatic amines is 1. The first-order valence-electron chi connectivity index (χ1n) is 7.62. The van der Waals surface area contributed by atoms with Crippen LogP contribution in [0.4, 0.5) is 5.69 Å². The van der Waals surface area contributed by atoms with Gasteiger partial charge in [0.2, 0.25) is 17.7 Å². The topological polar surface area (TPSA) is 108 Å². The highest BCUT2D eigenvalue weighted by Gasteiger charge is 2.60. The smallest absolute Gasteiger partial charge is 0.247 e. The number of H-pyrrole nitrogens is 1. The van der Waals surface area contributed by atoms with Gasteiger partial charge in [0.25, 0.3) is 0 Å². The van der Waals surface area contributed by atoms with E-state index in [1.807, 2.05) is 31.2 Å². The lowest BCUT2D eigenvalue weighted by Crippen LogP contribution is -2.46. The van der Waals surface area contributed by atoms with E-state index < -0.39 is 5.41 Å². The lowest BCUT2D eigenvalue weighted by molar-refractivity contribution is -0.120. The Morgan fingerprint density at radius 3 is 2.92 bits per heavy atom. The van der Waals surface area contributed by atoms with Crippen molar-refractivity contribution < 1.29 is 9.53 Å². The summed E-state index contributed by atoms with van der Waals surface area (Å²) in [7, 11) is 0. The summed E-state index contributed by atoms with van der Waals surface area (Å²) in [5, 5.41) is 16.7. The van der Waals surface area contributed by atoms with E-state index in [0.29, 0.717) is 17.8 Å². The minimum absolute atomic E-state index is 0.0855. The summed E-state index contributed by atoms with van der Waals surface area (Å²) in [5.74, 6) is -0.0533. The van der Waals surface area contributed by atoms with Gasteiger partial charge in [0.1, 0.15) is 17.1 Å². The monoisotopic (exact) mass is 321 g/mol. The number of amides is 1. The number of benzene rings is 1. The molecule has 2 aromatic rings. The molecule has 0 unspecified atom stereocenters. The number of nitriles is 1. The Morgan fingerprint density at radius 2 is 2.21 bits per heavy atom. The molecule has 1 aromatic carbocycles. The van der Waals surface area contributed by atoms with Gasteiger partial charge >= 0.3 is 0 Å². The summed E-state index contributed by atoms with van der Waals surface area (Å²) >= 11 is 0. The van der Waals surface area contributed by atoms with Gasteiger partial charge < -0.3 is 15.4 Å². The van der Waals surface area contributed by atoms with Crippen LogP contribution in [0.3, 0.4) is 0 Å². The number of hydrogen-bond donors (Lipinski definition) is 2. The van der Waals surface area contributed by atoms with Gasteiger partial charge in [-0.05, 0) is 19.9 Å². The fourth-order valence-electron chi connectivity index (χ4n) is 3.78. The lowest BCUT2D eigenvalue weighted by atomic mass is 9.69. The molecule has 1 spiro atoms. The molecule has 2 aliphatic rings. The zero-order chi connectivity index (χ0) is 17.1. The molecule has 7 heteroatoms. The van der Waals surface area contributed by atoms with Crippen LogP contribution in [-0.4, -0.2) is 22.6 Å². The van der Waals surface area contributed by atoms with E-state index in [1.54, 1.807) is 11.8 Å². The average molecular weight is 321 g/mol. The third-order valence-electron chi connectivity index (χ3n) is 4.71. The molecule has 0 aliphatic carbocycles. The van der Waals surface area contributed by atoms with E-state index >= 15 is 0 Å². The van der Waals surface area contributed by atoms with Crippen LogP contribution in [0.1, 0.15) is 23.7 Å². The Labute approximate surface area is 138 Å². The quantitative estimate of drug-likeness (QED) is 0.826. The van der Waals surface area contributed by atoms with Gasteiger partial charge in [-0.15, -0.1) is 5.10 Å². The molecule has 3 heterocycles. The molecule has 4 rings (SSSR count). The van der Waals surface area contributed by atoms with E-state index in [2.05, 4.69) is 16.3 Å². The lowest BCUT2D eigenvalue weighted by Gasteiger charge is -2.32. The summed E-state index contributed by atoms with van der Waals surface area (Å²) in [6, 6.07) is 9.55. The number of aryl methyl sites for hydroxylation is 1. The molecule has 3 N–H and O–H groups in total. The van der Waals surface area contributed by atoms with Crippen molar-refractivity contribution >= 4 is 11.6 Å². The minimum Gasteiger partial charge on any atom is -0.420 e. The highest BCUT2D eigenvalue weighted by atomic mass is 16.5. The number of carbonyl (C=O) groups is 1. The van der Waals surface area contributed by atoms with Gasteiger partial charge in [0.15, 0.2) is 0 Å². The molecule has 1 aromatic heterocycles. The van der Waals surface area contributed by atoms with Crippen LogP contribution < -0.4 is 15.4 Å². The van der Waals surface area contributed by atoms with Gasteiger partial charge in [-0.3, -0.25) is 9.89 Å². The second kappa shape index (κ2) is 4.61. The van der Waals surface area contributed by atoms with Crippen LogP contribution in [0.15, 0.2) is 35.7 Å². The molecular weight excluding hydrogens is 306 g/mol. The Bertz CT molecular complexity index is 952. The highest BCUT2D eigenvalue weighted by molar-refractivity contribution is 6.14. The van der Waals surface area contributed by atoms with Crippen LogP contribution in [-0.2, 0) is 10.2 Å². The Balaban J connectivity index is 2.18. The van der Waals surface area contributed by atoms with Crippen LogP contribution in [0.5, 0.6) is 5.88 Å². The van der Waals surface area contributed by atoms with Gasteiger partial charge in [-0.1, -0.05) is 18.2 Å². The third-order valence-corrected chi connectivity index (χ3v) is 4.71. The van der Waals surface area contributed by atoms with Gasteiger partial charge in [0.05, 0.1) is 5.56 Å². The fraction of sp³-hybridized carbons (Fsp3) is 0.235. The molecule has 0 saturated carbocycles. The third kappa shape index (κ3) is 1.41. The number of aromatic nitrogens is 2. The molecular formula is C17H15N5O2. The summed E-state index contributed by atoms with van der Waals surface area (Å²) < 4.78 is 5.50. The molecule has 0 radical (unpaired) electrons. The molecule has 7 nitrogen and oxygen atoms in total. The molecule has 0 bridgehead atoms. The number of ether oxygens (including phenoxy) is 1. The number of rotatable bonds is 1. The summed E-state index contributed by atoms with van der Waals surface area (Å²) in [6.07, 6.45) is 0. The van der Waals surface area contributed by atoms with Crippen LogP contribution in [0.2, 0.25) is 0 Å². The van der Waals surface area contributed by atoms with E-state index in [-0.39, 0.29) is 23.2 Å². The largest absolute Gasteiger partial charge is 0.420 e. The predicted molar refractivity (Wildman–Crippen MR) is 86.0 cm³/mol. The standard InChI is InChI=1S/C17H15N5O2/c1-3-22-12-7-5-4-6-10(12)17(16(22)23)11(8-18)14(19)24-15-13(17)9(2)20-21-15/h4-7H,3,19H2,1-2H3,(H,20,21)/t17-/m0/s1. The molecule has 2 aliphatic heterocycles. The Kier molecular flexibility index (Phi) is 2.76. The number of fused-ring (bicyclic) bond motifs is 4. The second-order valence-corrected chi connectivity index (χ2v) is 5.80. The molecule has 24 heavy (non-hydrogen) atoms. The van der Waals surface area contributed by atoms with E-state index in [0.717, 1.165) is 11.3 Å². The maximum atomic E-state index is 13.5. The fourth-order valence-corrected chi connectivity index (χ4v) is 3.78. The van der Waals surface area contributed by atoms with Crippen molar-refractivity contribution in [1.29, 1.82) is 5.26 Å². The molecule has 0 fully saturated rings. The summed E-state index contributed by atoms with van der Waals surface area (Å²) in [4.78, 5) is 15.2. The maximum absolute atomic E-state index is 13.5. The number of likely N-dealkylation sites (N-methyl/N-ethyl adjacent to an activating group) is 1. The summed E-state index contributed by atoms with van der Waals surface area (Å²) in [5.41, 5.74) is 7.51. The first-order chi connectivity index (χ1) is 11.6. The van der Waals surface area contributed by atoms with Crippen molar-refractivity contribution in [3.8, 4) is 11.9 Å². The van der Waals surface area contributed by atoms with Crippen molar-refractivity contribution in [3.63, 3.8) is 0 Å². The highest BCUT2D eigenvalue weighted by Crippen LogP contribution is 2.55. The van der Waals surface area contributed by atoms with Crippen molar-refractivity contribution in [3.05, 3.63) is 52.5 Å². The number of carbonyl (C=O) groups excluding carboxylic acids is 1. The van der Waals surface area contributed by atoms with Crippen LogP contribution >= 0.6 is 0 Å². The van der Waals surface area contributed by atoms with Crippen LogP contribution in [0, 0.1) is 18.3 Å². The Morgan fingerprint density at radius 1 is 1.46 bits per heavy atom. The number of nitrogens with one attached hydrogen (secondary N) is 1. The van der Waals surface area contributed by atoms with Crippen molar-refractivity contribution in [2.24, 2.45) is 5.73 Å². The number of nitrogens with zero attached hydrogens (tertiary/aromatic N) is 3. The van der Waals surface area contributed by atoms with Crippen molar-refractivity contribution in [2.75, 3.05) is 11.4 Å². The number of para-hydroxylation sites is 1. The number of hydrogen-bond acceptors (Lipinski definition) is 5. The van der Waals surface area contributed by atoms with Crippen molar-refractivity contribution in [2.45, 2.75) is 19.3 Å². The molecule has 0 saturated heterocycles.